The average molecular weight is 314 g/mol. The summed E-state index contributed by atoms with van der Waals surface area (Å²) in [5.74, 6) is 0. The van der Waals surface area contributed by atoms with Crippen LogP contribution in [0.3, 0.4) is 0 Å². The van der Waals surface area contributed by atoms with Gasteiger partial charge in [-0.1, -0.05) is 53.5 Å². The van der Waals surface area contributed by atoms with E-state index in [4.69, 9.17) is 28.9 Å². The summed E-state index contributed by atoms with van der Waals surface area (Å²) >= 11 is 12.2. The Hall–Kier alpha value is -2.03. The summed E-state index contributed by atoms with van der Waals surface area (Å²) in [4.78, 5) is 4.37. The second kappa shape index (κ2) is 5.76. The van der Waals surface area contributed by atoms with Crippen LogP contribution in [0.4, 0.5) is 5.69 Å². The van der Waals surface area contributed by atoms with Gasteiger partial charge < -0.3 is 5.73 Å². The van der Waals surface area contributed by atoms with Crippen LogP contribution in [0.15, 0.2) is 54.7 Å². The predicted molar refractivity (Wildman–Crippen MR) is 88.4 cm³/mol. The summed E-state index contributed by atoms with van der Waals surface area (Å²) in [6, 6.07) is 17.8. The molecule has 0 aliphatic rings. The van der Waals surface area contributed by atoms with Gasteiger partial charge in [-0.3, -0.25) is 4.98 Å². The number of nitrogens with two attached hydrogens (primary N) is 1. The van der Waals surface area contributed by atoms with Gasteiger partial charge in [-0.15, -0.1) is 0 Å². The van der Waals surface area contributed by atoms with Gasteiger partial charge in [0.05, 0.1) is 16.4 Å². The number of nitrogens with zero attached hydrogens (tertiary/aromatic N) is 1. The number of rotatable bonds is 2. The molecule has 0 atom stereocenters. The molecular formula is C17H11Cl2N2. The van der Waals surface area contributed by atoms with Crippen LogP contribution < -0.4 is 5.73 Å². The third-order valence-electron chi connectivity index (χ3n) is 3.20. The predicted octanol–water partition coefficient (Wildman–Crippen LogP) is 5.10. The van der Waals surface area contributed by atoms with E-state index in [1.54, 1.807) is 12.3 Å². The Morgan fingerprint density at radius 1 is 1.00 bits per heavy atom. The van der Waals surface area contributed by atoms with Gasteiger partial charge >= 0.3 is 0 Å². The van der Waals surface area contributed by atoms with E-state index in [-0.39, 0.29) is 0 Å². The van der Waals surface area contributed by atoms with Crippen molar-refractivity contribution in [3.8, 4) is 22.4 Å². The van der Waals surface area contributed by atoms with Crippen molar-refractivity contribution in [3.05, 3.63) is 70.8 Å². The van der Waals surface area contributed by atoms with Crippen LogP contribution in [-0.2, 0) is 0 Å². The lowest BCUT2D eigenvalue weighted by atomic mass is 10.0. The fourth-order valence-corrected chi connectivity index (χ4v) is 2.60. The van der Waals surface area contributed by atoms with Crippen molar-refractivity contribution in [2.24, 2.45) is 0 Å². The fraction of sp³-hybridized carbons (Fsp3) is 0. The third kappa shape index (κ3) is 2.73. The molecule has 21 heavy (non-hydrogen) atoms. The monoisotopic (exact) mass is 313 g/mol. The number of aromatic nitrogens is 1. The number of anilines is 1. The molecule has 0 saturated heterocycles. The number of hydrogen-bond acceptors (Lipinski definition) is 2. The van der Waals surface area contributed by atoms with E-state index in [1.807, 2.05) is 42.5 Å². The Bertz CT molecular complexity index is 800. The molecule has 3 aromatic rings. The van der Waals surface area contributed by atoms with Crippen molar-refractivity contribution in [2.75, 3.05) is 5.73 Å². The maximum Gasteiger partial charge on any atom is 0.0952 e. The van der Waals surface area contributed by atoms with Crippen molar-refractivity contribution < 1.29 is 0 Å². The molecule has 1 heterocycles. The number of pyridine rings is 1. The van der Waals surface area contributed by atoms with Gasteiger partial charge in [0.2, 0.25) is 0 Å². The highest BCUT2D eigenvalue weighted by Crippen LogP contribution is 2.36. The molecule has 4 heteroatoms. The maximum absolute atomic E-state index is 6.29. The summed E-state index contributed by atoms with van der Waals surface area (Å²) in [5, 5.41) is 1.16. The summed E-state index contributed by atoms with van der Waals surface area (Å²) in [6.45, 7) is 0. The lowest BCUT2D eigenvalue weighted by molar-refractivity contribution is 1.33. The van der Waals surface area contributed by atoms with E-state index in [0.717, 1.165) is 16.7 Å². The summed E-state index contributed by atoms with van der Waals surface area (Å²) in [5.41, 5.74) is 10.1. The molecule has 1 aromatic heterocycles. The number of halogens is 2. The van der Waals surface area contributed by atoms with Gasteiger partial charge in [0.25, 0.3) is 0 Å². The Morgan fingerprint density at radius 2 is 1.81 bits per heavy atom. The van der Waals surface area contributed by atoms with E-state index in [1.165, 1.54) is 0 Å². The van der Waals surface area contributed by atoms with E-state index < -0.39 is 0 Å². The first-order valence-electron chi connectivity index (χ1n) is 6.34. The molecule has 0 aliphatic carbocycles. The molecule has 0 amide bonds. The third-order valence-corrected chi connectivity index (χ3v) is 3.74. The van der Waals surface area contributed by atoms with E-state index in [0.29, 0.717) is 21.4 Å². The van der Waals surface area contributed by atoms with Crippen molar-refractivity contribution in [1.29, 1.82) is 0 Å². The van der Waals surface area contributed by atoms with Crippen molar-refractivity contribution in [3.63, 3.8) is 0 Å². The number of benzene rings is 2. The lowest BCUT2D eigenvalue weighted by Gasteiger charge is -2.11. The summed E-state index contributed by atoms with van der Waals surface area (Å²) in [6.07, 6.45) is 1.72. The normalized spacial score (nSPS) is 10.6. The Morgan fingerprint density at radius 3 is 2.57 bits per heavy atom. The van der Waals surface area contributed by atoms with Crippen molar-refractivity contribution >= 4 is 28.9 Å². The van der Waals surface area contributed by atoms with E-state index in [9.17, 15) is 0 Å². The Balaban J connectivity index is 2.18. The highest BCUT2D eigenvalue weighted by atomic mass is 35.5. The minimum Gasteiger partial charge on any atom is -0.396 e. The summed E-state index contributed by atoms with van der Waals surface area (Å²) < 4.78 is 0. The number of nitrogen functional groups attached to an aromatic ring is 1. The molecule has 1 radical (unpaired) electrons. The van der Waals surface area contributed by atoms with Crippen LogP contribution in [0.2, 0.25) is 10.0 Å². The number of hydrogen-bond donors (Lipinski definition) is 1. The molecular weight excluding hydrogens is 303 g/mol. The van der Waals surface area contributed by atoms with Gasteiger partial charge in [0, 0.05) is 28.4 Å². The standard InChI is InChI=1S/C17H11Cl2N2/c18-12-5-3-4-11(10-12)13-8-9-21-17(16(13)20)14-6-1-2-7-15(14)19/h1-4,6-10H,20H2. The molecule has 3 rings (SSSR count). The Kier molecular flexibility index (Phi) is 3.82. The van der Waals surface area contributed by atoms with Gasteiger partial charge in [-0.2, -0.15) is 0 Å². The van der Waals surface area contributed by atoms with Crippen LogP contribution in [0, 0.1) is 6.07 Å². The van der Waals surface area contributed by atoms with Crippen molar-refractivity contribution in [1.82, 2.24) is 4.98 Å². The van der Waals surface area contributed by atoms with Gasteiger partial charge in [0.15, 0.2) is 0 Å². The zero-order valence-electron chi connectivity index (χ0n) is 11.0. The second-order valence-electron chi connectivity index (χ2n) is 4.53. The zero-order chi connectivity index (χ0) is 14.8. The molecule has 103 valence electrons. The molecule has 0 spiro atoms. The maximum atomic E-state index is 6.29. The Labute approximate surface area is 133 Å². The van der Waals surface area contributed by atoms with Crippen LogP contribution in [0.25, 0.3) is 22.4 Å². The van der Waals surface area contributed by atoms with Crippen molar-refractivity contribution in [2.45, 2.75) is 0 Å². The molecule has 0 unspecified atom stereocenters. The van der Waals surface area contributed by atoms with Crippen LogP contribution >= 0.6 is 23.2 Å². The van der Waals surface area contributed by atoms with Crippen LogP contribution in [0.1, 0.15) is 0 Å². The van der Waals surface area contributed by atoms with Gasteiger partial charge in [-0.25, -0.2) is 0 Å². The fourth-order valence-electron chi connectivity index (χ4n) is 2.20. The molecule has 0 aliphatic heterocycles. The topological polar surface area (TPSA) is 38.9 Å². The minimum absolute atomic E-state index is 0.544. The highest BCUT2D eigenvalue weighted by molar-refractivity contribution is 6.33. The zero-order valence-corrected chi connectivity index (χ0v) is 12.5. The average Bonchev–Trinajstić information content (AvgIpc) is 2.48. The minimum atomic E-state index is 0.544. The quantitative estimate of drug-likeness (QED) is 0.714. The first-order valence-corrected chi connectivity index (χ1v) is 7.09. The van der Waals surface area contributed by atoms with Crippen LogP contribution in [-0.4, -0.2) is 4.98 Å². The first-order chi connectivity index (χ1) is 10.2. The first kappa shape index (κ1) is 13.9. The second-order valence-corrected chi connectivity index (χ2v) is 5.34. The van der Waals surface area contributed by atoms with Crippen LogP contribution in [0.5, 0.6) is 0 Å². The molecule has 2 aromatic carbocycles. The molecule has 0 saturated carbocycles. The molecule has 0 bridgehead atoms. The summed E-state index contributed by atoms with van der Waals surface area (Å²) in [7, 11) is 0. The highest BCUT2D eigenvalue weighted by Gasteiger charge is 2.12. The smallest absolute Gasteiger partial charge is 0.0952 e. The van der Waals surface area contributed by atoms with Gasteiger partial charge in [-0.05, 0) is 23.8 Å². The molecule has 2 nitrogen and oxygen atoms in total. The van der Waals surface area contributed by atoms with Gasteiger partial charge in [0.1, 0.15) is 0 Å². The lowest BCUT2D eigenvalue weighted by Crippen LogP contribution is -1.97. The molecule has 2 N–H and O–H groups in total. The van der Waals surface area contributed by atoms with E-state index >= 15 is 0 Å². The SMILES string of the molecule is Nc1c(-c2cc[c]c(Cl)c2)ccnc1-c1ccccc1Cl. The largest absolute Gasteiger partial charge is 0.396 e. The van der Waals surface area contributed by atoms with E-state index in [2.05, 4.69) is 11.1 Å². The molecule has 0 fully saturated rings.